The molecule has 248 valence electrons. The molecule has 0 radical (unpaired) electrons. The molecule has 2 aliphatic heterocycles. The summed E-state index contributed by atoms with van der Waals surface area (Å²) in [6.45, 7) is 2.20. The molecule has 0 bridgehead atoms. The van der Waals surface area contributed by atoms with Crippen LogP contribution in [0.2, 0.25) is 0 Å². The van der Waals surface area contributed by atoms with Crippen molar-refractivity contribution >= 4 is 66.5 Å². The zero-order chi connectivity index (χ0) is 34.7. The van der Waals surface area contributed by atoms with Crippen LogP contribution in [0.5, 0.6) is 17.2 Å². The maximum atomic E-state index is 14.5. The van der Waals surface area contributed by atoms with Gasteiger partial charge >= 0.3 is 0 Å². The van der Waals surface area contributed by atoms with Gasteiger partial charge in [0.25, 0.3) is 0 Å². The number of benzene rings is 6. The smallest absolute Gasteiger partial charge is 0.197 e. The summed E-state index contributed by atoms with van der Waals surface area (Å²) in [6, 6.07) is 41.4. The number of para-hydroxylation sites is 7. The number of nitrogens with zero attached hydrogens (tertiary/aromatic N) is 3. The number of rotatable bonds is 2. The second kappa shape index (κ2) is 10.6. The van der Waals surface area contributed by atoms with Crippen molar-refractivity contribution in [2.75, 3.05) is 9.80 Å². The molecule has 3 aliphatic rings. The number of hydrogen-bond donors (Lipinski definition) is 0. The van der Waals surface area contributed by atoms with Gasteiger partial charge in [-0.25, -0.2) is 0 Å². The molecule has 0 saturated heterocycles. The third-order valence-corrected chi connectivity index (χ3v) is 10.7. The van der Waals surface area contributed by atoms with E-state index in [1.54, 1.807) is 0 Å². The minimum Gasteiger partial charge on any atom is -0.453 e. The van der Waals surface area contributed by atoms with Crippen molar-refractivity contribution in [2.24, 2.45) is 5.92 Å². The molecule has 8 aromatic rings. The van der Waals surface area contributed by atoms with Crippen molar-refractivity contribution in [2.45, 2.75) is 13.3 Å². The first kappa shape index (κ1) is 28.9. The highest BCUT2D eigenvalue weighted by Gasteiger charge is 2.32. The van der Waals surface area contributed by atoms with Crippen LogP contribution in [0.25, 0.3) is 38.1 Å². The molecule has 11 rings (SSSR count). The Balaban J connectivity index is 1.18. The number of fused-ring (bicyclic) bond motifs is 7. The lowest BCUT2D eigenvalue weighted by Crippen LogP contribution is -2.29. The van der Waals surface area contributed by atoms with E-state index in [0.29, 0.717) is 27.1 Å². The lowest BCUT2D eigenvalue weighted by Gasteiger charge is -2.38. The minimum atomic E-state index is -0.114. The molecule has 7 heteroatoms. The molecule has 6 aromatic carbocycles. The molecule has 1 atom stereocenters. The van der Waals surface area contributed by atoms with Crippen molar-refractivity contribution in [1.82, 2.24) is 4.40 Å². The Hall–Kier alpha value is -6.86. The van der Waals surface area contributed by atoms with Gasteiger partial charge in [0, 0.05) is 38.8 Å². The Labute approximate surface area is 297 Å². The first-order valence-corrected chi connectivity index (χ1v) is 17.5. The summed E-state index contributed by atoms with van der Waals surface area (Å²) in [6.07, 6.45) is 5.09. The van der Waals surface area contributed by atoms with E-state index in [0.717, 1.165) is 74.6 Å². The second-order valence-electron chi connectivity index (χ2n) is 13.7. The highest BCUT2D eigenvalue weighted by molar-refractivity contribution is 6.09. The normalized spacial score (nSPS) is 16.1. The number of allylic oxidation sites excluding steroid dienone is 3. The summed E-state index contributed by atoms with van der Waals surface area (Å²) in [5.41, 5.74) is 7.38. The Morgan fingerprint density at radius 1 is 0.558 bits per heavy atom. The zero-order valence-corrected chi connectivity index (χ0v) is 28.0. The molecule has 1 unspecified atom stereocenters. The predicted molar refractivity (Wildman–Crippen MR) is 208 cm³/mol. The van der Waals surface area contributed by atoms with Crippen molar-refractivity contribution in [1.29, 1.82) is 0 Å². The Morgan fingerprint density at radius 2 is 1.08 bits per heavy atom. The number of aromatic nitrogens is 1. The summed E-state index contributed by atoms with van der Waals surface area (Å²) in [5.74, 6) is 3.28. The van der Waals surface area contributed by atoms with Crippen LogP contribution in [0.15, 0.2) is 161 Å². The van der Waals surface area contributed by atoms with Crippen molar-refractivity contribution < 1.29 is 9.47 Å². The van der Waals surface area contributed by atoms with Crippen molar-refractivity contribution in [3.63, 3.8) is 0 Å². The summed E-state index contributed by atoms with van der Waals surface area (Å²) in [5, 5.41) is 2.16. The van der Waals surface area contributed by atoms with E-state index in [9.17, 15) is 9.59 Å². The van der Waals surface area contributed by atoms with Gasteiger partial charge in [-0.3, -0.25) is 9.59 Å². The minimum absolute atomic E-state index is 0.105. The van der Waals surface area contributed by atoms with Gasteiger partial charge in [0.05, 0.1) is 39.3 Å². The van der Waals surface area contributed by atoms with E-state index in [1.165, 1.54) is 0 Å². The fraction of sp³-hybridized carbons (Fsp3) is 0.0667. The van der Waals surface area contributed by atoms with Gasteiger partial charge in [0.15, 0.2) is 28.1 Å². The van der Waals surface area contributed by atoms with Crippen LogP contribution < -0.4 is 30.1 Å². The highest BCUT2D eigenvalue weighted by Crippen LogP contribution is 2.51. The van der Waals surface area contributed by atoms with Gasteiger partial charge in [0.1, 0.15) is 5.76 Å². The standard InChI is InChI=1S/C45H29N3O4/c1-26-10-8-19-41-42(26)47(37-15-4-7-18-40(37)52-41)28-21-23-34-32(25-28)45(50)30-12-9-11-29-43(30)48(34)33-22-20-27(24-31(33)44(29)49)46-35-13-2-5-16-38(35)51-39-17-6-3-14-36(39)46/h2-9,11-26H,10H2,1H3. The van der Waals surface area contributed by atoms with Crippen molar-refractivity contribution in [3.8, 4) is 17.2 Å². The quantitative estimate of drug-likeness (QED) is 0.134. The largest absolute Gasteiger partial charge is 0.453 e. The van der Waals surface area contributed by atoms with Crippen LogP contribution in [0.1, 0.15) is 13.3 Å². The molecule has 0 amide bonds. The van der Waals surface area contributed by atoms with E-state index in [-0.39, 0.29) is 16.8 Å². The summed E-state index contributed by atoms with van der Waals surface area (Å²) in [7, 11) is 0. The summed E-state index contributed by atoms with van der Waals surface area (Å²) >= 11 is 0. The van der Waals surface area contributed by atoms with Crippen LogP contribution in [-0.2, 0) is 0 Å². The Kier molecular flexibility index (Phi) is 5.88. The first-order valence-electron chi connectivity index (χ1n) is 17.5. The molecule has 0 spiro atoms. The van der Waals surface area contributed by atoms with Crippen LogP contribution in [0, 0.1) is 5.92 Å². The number of hydrogen-bond acceptors (Lipinski definition) is 6. The van der Waals surface area contributed by atoms with Gasteiger partial charge in [-0.2, -0.15) is 0 Å². The van der Waals surface area contributed by atoms with Crippen LogP contribution in [0.4, 0.5) is 28.4 Å². The predicted octanol–water partition coefficient (Wildman–Crippen LogP) is 10.5. The average molecular weight is 676 g/mol. The number of pyridine rings is 2. The van der Waals surface area contributed by atoms with E-state index in [1.807, 2.05) is 121 Å². The zero-order valence-electron chi connectivity index (χ0n) is 28.0. The SMILES string of the molecule is CC1CC=CC2=C1N(c1ccc3c(c1)c(=O)c1cccc4c(=O)c5cc(N6c7ccccc7Oc7ccccc76)ccc5n3c14)c1ccccc1O2. The molecule has 4 heterocycles. The van der Waals surface area contributed by atoms with Gasteiger partial charge in [-0.15, -0.1) is 0 Å². The van der Waals surface area contributed by atoms with Gasteiger partial charge in [-0.1, -0.05) is 55.5 Å². The summed E-state index contributed by atoms with van der Waals surface area (Å²) < 4.78 is 14.7. The summed E-state index contributed by atoms with van der Waals surface area (Å²) in [4.78, 5) is 33.3. The van der Waals surface area contributed by atoms with Crippen LogP contribution >= 0.6 is 0 Å². The molecule has 1 aliphatic carbocycles. The van der Waals surface area contributed by atoms with Gasteiger partial charge in [0.2, 0.25) is 0 Å². The maximum Gasteiger partial charge on any atom is 0.197 e. The van der Waals surface area contributed by atoms with Crippen LogP contribution in [0.3, 0.4) is 0 Å². The monoisotopic (exact) mass is 675 g/mol. The number of ether oxygens (including phenoxy) is 2. The Morgan fingerprint density at radius 3 is 1.67 bits per heavy atom. The highest BCUT2D eigenvalue weighted by atomic mass is 16.5. The molecular weight excluding hydrogens is 647 g/mol. The fourth-order valence-electron chi connectivity index (χ4n) is 8.37. The lowest BCUT2D eigenvalue weighted by molar-refractivity contribution is 0.408. The Bertz CT molecular complexity index is 2990. The molecule has 0 saturated carbocycles. The third kappa shape index (κ3) is 3.90. The van der Waals surface area contributed by atoms with E-state index in [4.69, 9.17) is 9.47 Å². The van der Waals surface area contributed by atoms with E-state index >= 15 is 0 Å². The number of anilines is 5. The lowest BCUT2D eigenvalue weighted by atomic mass is 9.94. The third-order valence-electron chi connectivity index (χ3n) is 10.7. The molecule has 52 heavy (non-hydrogen) atoms. The molecular formula is C45H29N3O4. The molecule has 2 aromatic heterocycles. The van der Waals surface area contributed by atoms with Crippen LogP contribution in [-0.4, -0.2) is 4.40 Å². The fourth-order valence-corrected chi connectivity index (χ4v) is 8.37. The molecule has 7 nitrogen and oxygen atoms in total. The van der Waals surface area contributed by atoms with E-state index in [2.05, 4.69) is 39.3 Å². The maximum absolute atomic E-state index is 14.5. The van der Waals surface area contributed by atoms with Gasteiger partial charge in [-0.05, 0) is 97.4 Å². The molecule has 0 fully saturated rings. The average Bonchev–Trinajstić information content (AvgIpc) is 3.18. The first-order chi connectivity index (χ1) is 25.5. The van der Waals surface area contributed by atoms with E-state index < -0.39 is 0 Å². The second-order valence-corrected chi connectivity index (χ2v) is 13.7. The van der Waals surface area contributed by atoms with Crippen molar-refractivity contribution in [3.05, 3.63) is 171 Å². The van der Waals surface area contributed by atoms with Gasteiger partial charge < -0.3 is 23.7 Å². The molecule has 0 N–H and O–H groups in total. The topological polar surface area (TPSA) is 63.5 Å².